The highest BCUT2D eigenvalue weighted by molar-refractivity contribution is 14.0. The SMILES string of the molecule is CN=C(NCC(C)Oc1ccccc1)N(C)CCC1CCOCC1.I. The molecule has 1 unspecified atom stereocenters. The maximum absolute atomic E-state index is 5.89. The first-order valence-electron chi connectivity index (χ1n) is 8.90. The monoisotopic (exact) mass is 461 g/mol. The smallest absolute Gasteiger partial charge is 0.193 e. The number of benzene rings is 1. The van der Waals surface area contributed by atoms with Gasteiger partial charge in [-0.2, -0.15) is 0 Å². The second-order valence-corrected chi connectivity index (χ2v) is 6.44. The van der Waals surface area contributed by atoms with E-state index in [4.69, 9.17) is 9.47 Å². The first-order chi connectivity index (χ1) is 11.7. The van der Waals surface area contributed by atoms with Crippen molar-refractivity contribution in [3.8, 4) is 5.75 Å². The summed E-state index contributed by atoms with van der Waals surface area (Å²) in [6, 6.07) is 9.92. The molecule has 2 rings (SSSR count). The highest BCUT2D eigenvalue weighted by atomic mass is 127. The Morgan fingerprint density at radius 2 is 2.00 bits per heavy atom. The second kappa shape index (κ2) is 12.4. The van der Waals surface area contributed by atoms with Gasteiger partial charge in [0.15, 0.2) is 5.96 Å². The van der Waals surface area contributed by atoms with Crippen molar-refractivity contribution < 1.29 is 9.47 Å². The Morgan fingerprint density at radius 1 is 1.32 bits per heavy atom. The highest BCUT2D eigenvalue weighted by Crippen LogP contribution is 2.18. The molecule has 0 radical (unpaired) electrons. The Bertz CT molecular complexity index is 493. The van der Waals surface area contributed by atoms with E-state index in [1.54, 1.807) is 0 Å². The van der Waals surface area contributed by atoms with E-state index in [1.165, 1.54) is 19.3 Å². The molecule has 1 heterocycles. The van der Waals surface area contributed by atoms with Gasteiger partial charge in [-0.05, 0) is 44.2 Å². The predicted molar refractivity (Wildman–Crippen MR) is 114 cm³/mol. The number of aliphatic imine (C=N–C) groups is 1. The van der Waals surface area contributed by atoms with E-state index in [1.807, 2.05) is 37.4 Å². The molecular weight excluding hydrogens is 429 g/mol. The molecular formula is C19H32IN3O2. The molecule has 25 heavy (non-hydrogen) atoms. The van der Waals surface area contributed by atoms with Gasteiger partial charge in [-0.25, -0.2) is 0 Å². The summed E-state index contributed by atoms with van der Waals surface area (Å²) in [6.45, 7) is 5.63. The summed E-state index contributed by atoms with van der Waals surface area (Å²) in [4.78, 5) is 6.58. The standard InChI is InChI=1S/C19H31N3O2.HI/c1-16(24-18-7-5-4-6-8-18)15-21-19(20-2)22(3)12-9-17-10-13-23-14-11-17;/h4-8,16-17H,9-15H2,1-3H3,(H,20,21);1H. The van der Waals surface area contributed by atoms with Crippen LogP contribution in [0, 0.1) is 5.92 Å². The summed E-state index contributed by atoms with van der Waals surface area (Å²) in [6.07, 6.45) is 3.63. The largest absolute Gasteiger partial charge is 0.489 e. The molecule has 1 saturated heterocycles. The molecule has 0 aromatic heterocycles. The van der Waals surface area contributed by atoms with Gasteiger partial charge in [0, 0.05) is 33.9 Å². The van der Waals surface area contributed by atoms with Gasteiger partial charge in [-0.3, -0.25) is 4.99 Å². The fourth-order valence-electron chi connectivity index (χ4n) is 2.91. The topological polar surface area (TPSA) is 46.1 Å². The Labute approximate surface area is 169 Å². The van der Waals surface area contributed by atoms with Gasteiger partial charge in [0.25, 0.3) is 0 Å². The van der Waals surface area contributed by atoms with E-state index < -0.39 is 0 Å². The van der Waals surface area contributed by atoms with Crippen molar-refractivity contribution in [2.75, 3.05) is 40.4 Å². The Kier molecular flexibility index (Phi) is 10.9. The van der Waals surface area contributed by atoms with Crippen LogP contribution in [-0.2, 0) is 4.74 Å². The number of rotatable bonds is 7. The van der Waals surface area contributed by atoms with Gasteiger partial charge in [0.05, 0.1) is 6.54 Å². The summed E-state index contributed by atoms with van der Waals surface area (Å²) in [7, 11) is 3.92. The average Bonchev–Trinajstić information content (AvgIpc) is 2.62. The molecule has 1 N–H and O–H groups in total. The molecule has 1 fully saturated rings. The summed E-state index contributed by atoms with van der Waals surface area (Å²) in [5, 5.41) is 3.40. The summed E-state index contributed by atoms with van der Waals surface area (Å²) in [5.74, 6) is 2.60. The van der Waals surface area contributed by atoms with Crippen LogP contribution in [0.5, 0.6) is 5.75 Å². The van der Waals surface area contributed by atoms with Crippen LogP contribution in [0.15, 0.2) is 35.3 Å². The minimum Gasteiger partial charge on any atom is -0.489 e. The maximum Gasteiger partial charge on any atom is 0.193 e. The van der Waals surface area contributed by atoms with Gasteiger partial charge < -0.3 is 19.7 Å². The van der Waals surface area contributed by atoms with Crippen molar-refractivity contribution in [2.24, 2.45) is 10.9 Å². The normalized spacial score (nSPS) is 16.7. The molecule has 1 aromatic carbocycles. The fraction of sp³-hybridized carbons (Fsp3) is 0.632. The first-order valence-corrected chi connectivity index (χ1v) is 8.90. The quantitative estimate of drug-likeness (QED) is 0.384. The number of hydrogen-bond donors (Lipinski definition) is 1. The van der Waals surface area contributed by atoms with Gasteiger partial charge in [0.1, 0.15) is 11.9 Å². The minimum atomic E-state index is 0. The highest BCUT2D eigenvalue weighted by Gasteiger charge is 2.15. The van der Waals surface area contributed by atoms with Crippen LogP contribution in [0.2, 0.25) is 0 Å². The van der Waals surface area contributed by atoms with E-state index in [0.29, 0.717) is 0 Å². The Morgan fingerprint density at radius 3 is 2.64 bits per heavy atom. The van der Waals surface area contributed by atoms with E-state index >= 15 is 0 Å². The van der Waals surface area contributed by atoms with E-state index in [9.17, 15) is 0 Å². The third kappa shape index (κ3) is 8.27. The Hall–Kier alpha value is -1.02. The van der Waals surface area contributed by atoms with Crippen molar-refractivity contribution in [1.29, 1.82) is 0 Å². The second-order valence-electron chi connectivity index (χ2n) is 6.44. The van der Waals surface area contributed by atoms with Crippen LogP contribution < -0.4 is 10.1 Å². The zero-order chi connectivity index (χ0) is 17.2. The van der Waals surface area contributed by atoms with Crippen LogP contribution in [0.25, 0.3) is 0 Å². The fourth-order valence-corrected chi connectivity index (χ4v) is 2.91. The third-order valence-corrected chi connectivity index (χ3v) is 4.42. The average molecular weight is 461 g/mol. The number of ether oxygens (including phenoxy) is 2. The van der Waals surface area contributed by atoms with E-state index in [0.717, 1.165) is 43.9 Å². The number of nitrogens with one attached hydrogen (secondary N) is 1. The lowest BCUT2D eigenvalue weighted by Gasteiger charge is -2.27. The molecule has 6 heteroatoms. The zero-order valence-corrected chi connectivity index (χ0v) is 17.9. The molecule has 0 aliphatic carbocycles. The van der Waals surface area contributed by atoms with E-state index in [2.05, 4.69) is 29.2 Å². The number of guanidine groups is 1. The lowest BCUT2D eigenvalue weighted by atomic mass is 9.96. The van der Waals surface area contributed by atoms with Crippen molar-refractivity contribution in [1.82, 2.24) is 10.2 Å². The lowest BCUT2D eigenvalue weighted by Crippen LogP contribution is -2.43. The van der Waals surface area contributed by atoms with Crippen LogP contribution in [0.3, 0.4) is 0 Å². The lowest BCUT2D eigenvalue weighted by molar-refractivity contribution is 0.0625. The Balaban J connectivity index is 0.00000312. The van der Waals surface area contributed by atoms with E-state index in [-0.39, 0.29) is 30.1 Å². The molecule has 1 aromatic rings. The van der Waals surface area contributed by atoms with Crippen molar-refractivity contribution in [2.45, 2.75) is 32.3 Å². The molecule has 1 atom stereocenters. The van der Waals surface area contributed by atoms with Crippen LogP contribution >= 0.6 is 24.0 Å². The minimum absolute atomic E-state index is 0. The molecule has 142 valence electrons. The first kappa shape index (κ1) is 22.0. The van der Waals surface area contributed by atoms with Crippen LogP contribution in [0.1, 0.15) is 26.2 Å². The number of halogens is 1. The molecule has 0 spiro atoms. The molecule has 1 aliphatic heterocycles. The van der Waals surface area contributed by atoms with Gasteiger partial charge in [-0.15, -0.1) is 24.0 Å². The number of para-hydroxylation sites is 1. The maximum atomic E-state index is 5.89. The summed E-state index contributed by atoms with van der Waals surface area (Å²) >= 11 is 0. The summed E-state index contributed by atoms with van der Waals surface area (Å²) in [5.41, 5.74) is 0. The van der Waals surface area contributed by atoms with Gasteiger partial charge in [-0.1, -0.05) is 18.2 Å². The molecule has 1 aliphatic rings. The van der Waals surface area contributed by atoms with Crippen molar-refractivity contribution in [3.63, 3.8) is 0 Å². The molecule has 0 saturated carbocycles. The van der Waals surface area contributed by atoms with Crippen LogP contribution in [-0.4, -0.2) is 57.4 Å². The molecule has 5 nitrogen and oxygen atoms in total. The molecule has 0 bridgehead atoms. The third-order valence-electron chi connectivity index (χ3n) is 4.42. The van der Waals surface area contributed by atoms with Gasteiger partial charge in [0.2, 0.25) is 0 Å². The number of hydrogen-bond acceptors (Lipinski definition) is 3. The predicted octanol–water partition coefficient (Wildman–Crippen LogP) is 3.40. The van der Waals surface area contributed by atoms with Crippen LogP contribution in [0.4, 0.5) is 0 Å². The van der Waals surface area contributed by atoms with Gasteiger partial charge >= 0.3 is 0 Å². The molecule has 0 amide bonds. The zero-order valence-electron chi connectivity index (χ0n) is 15.6. The van der Waals surface area contributed by atoms with Crippen molar-refractivity contribution in [3.05, 3.63) is 30.3 Å². The van der Waals surface area contributed by atoms with Crippen molar-refractivity contribution >= 4 is 29.9 Å². The summed E-state index contributed by atoms with van der Waals surface area (Å²) < 4.78 is 11.3. The number of nitrogens with zero attached hydrogens (tertiary/aromatic N) is 2.